The topological polar surface area (TPSA) is 152 Å². The van der Waals surface area contributed by atoms with Crippen LogP contribution in [0.1, 0.15) is 5.56 Å². The lowest BCUT2D eigenvalue weighted by molar-refractivity contribution is 0.233. The van der Waals surface area contributed by atoms with Gasteiger partial charge in [-0.15, -0.1) is 0 Å². The largest absolute Gasteiger partial charge is 0.493 e. The molecule has 0 unspecified atom stereocenters. The standard InChI is InChI=1S/C20H26N2O3.2CH4O3S/c1-23-18-12-17(13-19(24-2)20(18)25-3)16-6-4-15(5-7-16)14-22-10-8-21-9-11-22;2*1-5(2,3)4/h4-7,12-13,21H,8-11,14H2,1-3H3;2*1H3,(H,2,3,4). The first kappa shape index (κ1) is 30.6. The summed E-state index contributed by atoms with van der Waals surface area (Å²) in [4.78, 5) is 2.48. The molecule has 2 aromatic rings. The Morgan fingerprint density at radius 2 is 1.23 bits per heavy atom. The number of nitrogens with zero attached hydrogens (tertiary/aromatic N) is 1. The fourth-order valence-electron chi connectivity index (χ4n) is 3.18. The molecule has 0 atom stereocenters. The minimum atomic E-state index is -3.67. The summed E-state index contributed by atoms with van der Waals surface area (Å²) < 4.78 is 68.0. The molecule has 3 N–H and O–H groups in total. The van der Waals surface area contributed by atoms with Crippen molar-refractivity contribution in [2.75, 3.05) is 60.0 Å². The molecule has 0 aromatic heterocycles. The number of hydrogen-bond acceptors (Lipinski definition) is 9. The first-order chi connectivity index (χ1) is 16.2. The van der Waals surface area contributed by atoms with Gasteiger partial charge >= 0.3 is 0 Å². The smallest absolute Gasteiger partial charge is 0.261 e. The van der Waals surface area contributed by atoms with Gasteiger partial charge in [0, 0.05) is 32.7 Å². The van der Waals surface area contributed by atoms with Crippen LogP contribution < -0.4 is 19.5 Å². The quantitative estimate of drug-likeness (QED) is 0.465. The SMILES string of the molecule is COc1cc(-c2ccc(CN3CCNCC3)cc2)cc(OC)c1OC.CS(=O)(=O)O.CS(=O)(=O)O. The Bertz CT molecular complexity index is 1060. The molecular formula is C22H34N2O9S2. The third-order valence-corrected chi connectivity index (χ3v) is 4.57. The molecular weight excluding hydrogens is 500 g/mol. The predicted molar refractivity (Wildman–Crippen MR) is 135 cm³/mol. The molecule has 35 heavy (non-hydrogen) atoms. The van der Waals surface area contributed by atoms with E-state index < -0.39 is 20.2 Å². The summed E-state index contributed by atoms with van der Waals surface area (Å²) in [5.74, 6) is 1.95. The normalized spacial score (nSPS) is 14.0. The number of benzene rings is 2. The van der Waals surface area contributed by atoms with Gasteiger partial charge < -0.3 is 19.5 Å². The van der Waals surface area contributed by atoms with Crippen LogP contribution in [0.15, 0.2) is 36.4 Å². The van der Waals surface area contributed by atoms with Gasteiger partial charge in [0.1, 0.15) is 0 Å². The van der Waals surface area contributed by atoms with E-state index >= 15 is 0 Å². The van der Waals surface area contributed by atoms with Crippen LogP contribution in [-0.4, -0.2) is 90.9 Å². The lowest BCUT2D eigenvalue weighted by Crippen LogP contribution is -2.42. The molecule has 198 valence electrons. The number of methoxy groups -OCH3 is 3. The van der Waals surface area contributed by atoms with Crippen LogP contribution in [0.4, 0.5) is 0 Å². The van der Waals surface area contributed by atoms with E-state index in [9.17, 15) is 16.8 Å². The van der Waals surface area contributed by atoms with Crippen LogP contribution in [0.2, 0.25) is 0 Å². The first-order valence-corrected chi connectivity index (χ1v) is 14.1. The number of rotatable bonds is 6. The maximum absolute atomic E-state index is 9.19. The molecule has 1 saturated heterocycles. The Kier molecular flexibility index (Phi) is 12.4. The Hall–Kier alpha value is -2.42. The van der Waals surface area contributed by atoms with Gasteiger partial charge in [0.2, 0.25) is 5.75 Å². The highest BCUT2D eigenvalue weighted by atomic mass is 32.2. The van der Waals surface area contributed by atoms with Crippen LogP contribution in [0.5, 0.6) is 17.2 Å². The molecule has 1 fully saturated rings. The fraction of sp³-hybridized carbons (Fsp3) is 0.455. The van der Waals surface area contributed by atoms with Gasteiger partial charge in [0.15, 0.2) is 11.5 Å². The van der Waals surface area contributed by atoms with Crippen molar-refractivity contribution < 1.29 is 40.2 Å². The predicted octanol–water partition coefficient (Wildman–Crippen LogP) is 1.79. The van der Waals surface area contributed by atoms with Crippen molar-refractivity contribution in [3.63, 3.8) is 0 Å². The van der Waals surface area contributed by atoms with Gasteiger partial charge in [-0.1, -0.05) is 24.3 Å². The summed E-state index contributed by atoms with van der Waals surface area (Å²) >= 11 is 0. The van der Waals surface area contributed by atoms with Gasteiger partial charge in [0.05, 0.1) is 33.8 Å². The number of ether oxygens (including phenoxy) is 3. The van der Waals surface area contributed by atoms with Crippen LogP contribution in [0.25, 0.3) is 11.1 Å². The Labute approximate surface area is 207 Å². The van der Waals surface area contributed by atoms with Crippen molar-refractivity contribution in [2.45, 2.75) is 6.54 Å². The van der Waals surface area contributed by atoms with Crippen LogP contribution in [0, 0.1) is 0 Å². The molecule has 1 aliphatic heterocycles. The summed E-state index contributed by atoms with van der Waals surface area (Å²) in [5.41, 5.74) is 3.50. The summed E-state index contributed by atoms with van der Waals surface area (Å²) in [6, 6.07) is 12.6. The molecule has 13 heteroatoms. The molecule has 1 aliphatic rings. The highest BCUT2D eigenvalue weighted by Gasteiger charge is 2.14. The van der Waals surface area contributed by atoms with Crippen molar-refractivity contribution in [3.05, 3.63) is 42.0 Å². The zero-order chi connectivity index (χ0) is 26.6. The van der Waals surface area contributed by atoms with E-state index in [-0.39, 0.29) is 0 Å². The van der Waals surface area contributed by atoms with Crippen molar-refractivity contribution in [1.82, 2.24) is 10.2 Å². The minimum Gasteiger partial charge on any atom is -0.493 e. The van der Waals surface area contributed by atoms with E-state index in [1.54, 1.807) is 21.3 Å². The van der Waals surface area contributed by atoms with E-state index in [1.165, 1.54) is 5.56 Å². The van der Waals surface area contributed by atoms with Crippen LogP contribution in [-0.2, 0) is 26.8 Å². The molecule has 3 rings (SSSR count). The molecule has 0 amide bonds. The first-order valence-electron chi connectivity index (χ1n) is 10.4. The second kappa shape index (κ2) is 14.2. The lowest BCUT2D eigenvalue weighted by atomic mass is 10.0. The van der Waals surface area contributed by atoms with Gasteiger partial charge in [-0.3, -0.25) is 14.0 Å². The maximum Gasteiger partial charge on any atom is 0.261 e. The lowest BCUT2D eigenvalue weighted by Gasteiger charge is -2.27. The molecule has 0 bridgehead atoms. The number of piperazine rings is 1. The second-order valence-corrected chi connectivity index (χ2v) is 10.5. The van der Waals surface area contributed by atoms with Crippen molar-refractivity contribution in [3.8, 4) is 28.4 Å². The average molecular weight is 535 g/mol. The monoisotopic (exact) mass is 534 g/mol. The number of hydrogen-bond donors (Lipinski definition) is 3. The zero-order valence-corrected chi connectivity index (χ0v) is 22.1. The van der Waals surface area contributed by atoms with Gasteiger partial charge in [-0.25, -0.2) is 0 Å². The van der Waals surface area contributed by atoms with Gasteiger partial charge in [-0.2, -0.15) is 16.8 Å². The summed E-state index contributed by atoms with van der Waals surface area (Å²) in [6.07, 6.45) is 1.43. The van der Waals surface area contributed by atoms with Gasteiger partial charge in [-0.05, 0) is 28.8 Å². The van der Waals surface area contributed by atoms with Crippen molar-refractivity contribution in [2.24, 2.45) is 0 Å². The molecule has 1 heterocycles. The van der Waals surface area contributed by atoms with Crippen LogP contribution in [0.3, 0.4) is 0 Å². The second-order valence-electron chi connectivity index (χ2n) is 7.60. The zero-order valence-electron chi connectivity index (χ0n) is 20.5. The Morgan fingerprint density at radius 3 is 1.60 bits per heavy atom. The highest BCUT2D eigenvalue weighted by Crippen LogP contribution is 2.41. The Morgan fingerprint density at radius 1 is 0.800 bits per heavy atom. The highest BCUT2D eigenvalue weighted by molar-refractivity contribution is 7.85. The van der Waals surface area contributed by atoms with E-state index in [2.05, 4.69) is 34.5 Å². The average Bonchev–Trinajstić information content (AvgIpc) is 2.77. The molecule has 11 nitrogen and oxygen atoms in total. The molecule has 2 aromatic carbocycles. The summed E-state index contributed by atoms with van der Waals surface area (Å²) in [5, 5.41) is 3.39. The molecule has 0 saturated carbocycles. The van der Waals surface area contributed by atoms with Crippen LogP contribution >= 0.6 is 0 Å². The summed E-state index contributed by atoms with van der Waals surface area (Å²) in [7, 11) is -2.44. The molecule has 0 radical (unpaired) electrons. The van der Waals surface area contributed by atoms with E-state index in [1.807, 2.05) is 12.1 Å². The third kappa shape index (κ3) is 13.3. The fourth-order valence-corrected chi connectivity index (χ4v) is 3.18. The van der Waals surface area contributed by atoms with Gasteiger partial charge in [0.25, 0.3) is 20.2 Å². The summed E-state index contributed by atoms with van der Waals surface area (Å²) in [6.45, 7) is 5.35. The maximum atomic E-state index is 9.19. The van der Waals surface area contributed by atoms with Crippen molar-refractivity contribution >= 4 is 20.2 Å². The molecule has 0 aliphatic carbocycles. The number of nitrogens with one attached hydrogen (secondary N) is 1. The Balaban J connectivity index is 0.000000519. The van der Waals surface area contributed by atoms with E-state index in [0.717, 1.165) is 43.9 Å². The third-order valence-electron chi connectivity index (χ3n) is 4.57. The van der Waals surface area contributed by atoms with E-state index in [4.69, 9.17) is 23.3 Å². The van der Waals surface area contributed by atoms with E-state index in [0.29, 0.717) is 29.8 Å². The van der Waals surface area contributed by atoms with Crippen molar-refractivity contribution in [1.29, 1.82) is 0 Å². The minimum absolute atomic E-state index is 0.615. The molecule has 0 spiro atoms.